The van der Waals surface area contributed by atoms with E-state index in [2.05, 4.69) is 4.90 Å². The molecule has 1 aliphatic heterocycles. The maximum atomic E-state index is 12.5. The second-order valence-electron chi connectivity index (χ2n) is 6.11. The molecule has 1 heterocycles. The summed E-state index contributed by atoms with van der Waals surface area (Å²) in [6.45, 7) is 3.37. The van der Waals surface area contributed by atoms with Crippen LogP contribution < -0.4 is 0 Å². The number of rotatable bonds is 4. The van der Waals surface area contributed by atoms with Gasteiger partial charge in [-0.3, -0.25) is 19.8 Å². The molecule has 0 aromatic heterocycles. The van der Waals surface area contributed by atoms with E-state index in [9.17, 15) is 14.9 Å². The predicted molar refractivity (Wildman–Crippen MR) is 101 cm³/mol. The van der Waals surface area contributed by atoms with E-state index in [1.165, 1.54) is 24.3 Å². The molecule has 3 rings (SSSR count). The molecular formula is C18H17Cl2N3O3. The van der Waals surface area contributed by atoms with Gasteiger partial charge in [0.1, 0.15) is 0 Å². The number of halogens is 2. The zero-order valence-corrected chi connectivity index (χ0v) is 15.4. The number of carbonyl (C=O) groups excluding carboxylic acids is 1. The topological polar surface area (TPSA) is 66.7 Å². The molecule has 2 aromatic rings. The molecule has 1 fully saturated rings. The molecule has 1 amide bonds. The summed E-state index contributed by atoms with van der Waals surface area (Å²) in [6.07, 6.45) is 0. The normalized spacial score (nSPS) is 15.1. The van der Waals surface area contributed by atoms with Crippen LogP contribution >= 0.6 is 23.2 Å². The Morgan fingerprint density at radius 1 is 1.04 bits per heavy atom. The zero-order chi connectivity index (χ0) is 18.7. The van der Waals surface area contributed by atoms with E-state index in [1.807, 2.05) is 12.1 Å². The summed E-state index contributed by atoms with van der Waals surface area (Å²) in [4.78, 5) is 26.8. The van der Waals surface area contributed by atoms with Crippen LogP contribution in [0.25, 0.3) is 0 Å². The lowest BCUT2D eigenvalue weighted by Crippen LogP contribution is -2.48. The number of nitro groups is 1. The zero-order valence-electron chi connectivity index (χ0n) is 13.9. The smallest absolute Gasteiger partial charge is 0.269 e. The number of nitrogens with zero attached hydrogens (tertiary/aromatic N) is 3. The number of amides is 1. The molecule has 0 atom stereocenters. The van der Waals surface area contributed by atoms with Crippen molar-refractivity contribution in [1.29, 1.82) is 0 Å². The first kappa shape index (κ1) is 18.6. The highest BCUT2D eigenvalue weighted by molar-refractivity contribution is 6.35. The van der Waals surface area contributed by atoms with Crippen LogP contribution in [0, 0.1) is 10.1 Å². The Balaban J connectivity index is 1.57. The third-order valence-electron chi connectivity index (χ3n) is 4.39. The van der Waals surface area contributed by atoms with Crippen LogP contribution in [0.3, 0.4) is 0 Å². The van der Waals surface area contributed by atoms with Gasteiger partial charge in [-0.15, -0.1) is 0 Å². The van der Waals surface area contributed by atoms with Crippen molar-refractivity contribution in [1.82, 2.24) is 9.80 Å². The van der Waals surface area contributed by atoms with Crippen molar-refractivity contribution in [2.75, 3.05) is 26.2 Å². The van der Waals surface area contributed by atoms with Crippen molar-refractivity contribution >= 4 is 34.8 Å². The average Bonchev–Trinajstić information content (AvgIpc) is 2.64. The number of piperazine rings is 1. The molecule has 136 valence electrons. The highest BCUT2D eigenvalue weighted by atomic mass is 35.5. The fourth-order valence-electron chi connectivity index (χ4n) is 2.91. The van der Waals surface area contributed by atoms with Crippen LogP contribution in [-0.4, -0.2) is 46.8 Å². The van der Waals surface area contributed by atoms with Crippen molar-refractivity contribution in [3.8, 4) is 0 Å². The molecule has 0 saturated carbocycles. The Bertz CT molecular complexity index is 819. The summed E-state index contributed by atoms with van der Waals surface area (Å²) >= 11 is 12.1. The van der Waals surface area contributed by atoms with E-state index >= 15 is 0 Å². The molecule has 0 bridgehead atoms. The van der Waals surface area contributed by atoms with Crippen molar-refractivity contribution < 1.29 is 9.72 Å². The highest BCUT2D eigenvalue weighted by Gasteiger charge is 2.23. The van der Waals surface area contributed by atoms with Crippen molar-refractivity contribution in [3.05, 3.63) is 73.8 Å². The fraction of sp³-hybridized carbons (Fsp3) is 0.278. The fourth-order valence-corrected chi connectivity index (χ4v) is 3.38. The molecule has 6 nitrogen and oxygen atoms in total. The lowest BCUT2D eigenvalue weighted by atomic mass is 10.1. The molecule has 0 spiro atoms. The number of nitro benzene ring substituents is 1. The SMILES string of the molecule is O=C(c1ccc([N+](=O)[O-])cc1)N1CCN(Cc2ccc(Cl)cc2Cl)CC1. The molecule has 1 saturated heterocycles. The minimum Gasteiger partial charge on any atom is -0.336 e. The van der Waals surface area contributed by atoms with Crippen molar-refractivity contribution in [3.63, 3.8) is 0 Å². The lowest BCUT2D eigenvalue weighted by molar-refractivity contribution is -0.384. The first-order valence-corrected chi connectivity index (χ1v) is 8.89. The van der Waals surface area contributed by atoms with Gasteiger partial charge < -0.3 is 4.90 Å². The summed E-state index contributed by atoms with van der Waals surface area (Å²) in [5.74, 6) is -0.107. The predicted octanol–water partition coefficient (Wildman–Crippen LogP) is 3.86. The molecule has 2 aromatic carbocycles. The number of hydrogen-bond donors (Lipinski definition) is 0. The first-order chi connectivity index (χ1) is 12.4. The van der Waals surface area contributed by atoms with E-state index in [1.54, 1.807) is 11.0 Å². The molecule has 8 heteroatoms. The Kier molecular flexibility index (Phi) is 5.76. The van der Waals surface area contributed by atoms with Gasteiger partial charge in [-0.05, 0) is 29.8 Å². The van der Waals surface area contributed by atoms with Gasteiger partial charge in [-0.2, -0.15) is 0 Å². The van der Waals surface area contributed by atoms with E-state index in [-0.39, 0.29) is 11.6 Å². The maximum Gasteiger partial charge on any atom is 0.269 e. The maximum absolute atomic E-state index is 12.5. The molecule has 0 N–H and O–H groups in total. The van der Waals surface area contributed by atoms with Crippen molar-refractivity contribution in [2.24, 2.45) is 0 Å². The van der Waals surface area contributed by atoms with E-state index in [4.69, 9.17) is 23.2 Å². The summed E-state index contributed by atoms with van der Waals surface area (Å²) < 4.78 is 0. The van der Waals surface area contributed by atoms with Gasteiger partial charge >= 0.3 is 0 Å². The third kappa shape index (κ3) is 4.33. The van der Waals surface area contributed by atoms with Crippen LogP contribution in [0.1, 0.15) is 15.9 Å². The van der Waals surface area contributed by atoms with E-state index < -0.39 is 4.92 Å². The van der Waals surface area contributed by atoms with E-state index in [0.717, 1.165) is 18.7 Å². The monoisotopic (exact) mass is 393 g/mol. The van der Waals surface area contributed by atoms with E-state index in [0.29, 0.717) is 35.2 Å². The lowest BCUT2D eigenvalue weighted by Gasteiger charge is -2.35. The summed E-state index contributed by atoms with van der Waals surface area (Å²) in [5, 5.41) is 11.9. The van der Waals surface area contributed by atoms with Crippen molar-refractivity contribution in [2.45, 2.75) is 6.54 Å². The Morgan fingerprint density at radius 3 is 2.27 bits per heavy atom. The van der Waals surface area contributed by atoms with Crippen LogP contribution in [0.15, 0.2) is 42.5 Å². The molecule has 0 radical (unpaired) electrons. The first-order valence-electron chi connectivity index (χ1n) is 8.14. The second-order valence-corrected chi connectivity index (χ2v) is 6.95. The minimum absolute atomic E-state index is 0.0220. The highest BCUT2D eigenvalue weighted by Crippen LogP contribution is 2.23. The van der Waals surface area contributed by atoms with Gasteiger partial charge in [-0.1, -0.05) is 29.3 Å². The average molecular weight is 394 g/mol. The van der Waals surface area contributed by atoms with Crippen LogP contribution in [0.2, 0.25) is 10.0 Å². The number of non-ortho nitro benzene ring substituents is 1. The van der Waals surface area contributed by atoms with Gasteiger partial charge in [0.2, 0.25) is 0 Å². The van der Waals surface area contributed by atoms with Crippen LogP contribution in [-0.2, 0) is 6.54 Å². The van der Waals surface area contributed by atoms with Gasteiger partial charge in [0.25, 0.3) is 11.6 Å². The molecule has 26 heavy (non-hydrogen) atoms. The molecule has 1 aliphatic rings. The minimum atomic E-state index is -0.477. The number of benzene rings is 2. The number of hydrogen-bond acceptors (Lipinski definition) is 4. The largest absolute Gasteiger partial charge is 0.336 e. The van der Waals surface area contributed by atoms with Crippen LogP contribution in [0.5, 0.6) is 0 Å². The standard InChI is InChI=1S/C18H17Cl2N3O3/c19-15-4-1-14(17(20)11-15)12-21-7-9-22(10-8-21)18(24)13-2-5-16(6-3-13)23(25)26/h1-6,11H,7-10,12H2. The second kappa shape index (κ2) is 8.03. The number of carbonyl (C=O) groups is 1. The summed E-state index contributed by atoms with van der Waals surface area (Å²) in [5.41, 5.74) is 1.45. The summed E-state index contributed by atoms with van der Waals surface area (Å²) in [7, 11) is 0. The van der Waals surface area contributed by atoms with Gasteiger partial charge in [-0.25, -0.2) is 0 Å². The Hall–Kier alpha value is -2.15. The Labute approximate surface area is 161 Å². The third-order valence-corrected chi connectivity index (χ3v) is 4.98. The van der Waals surface area contributed by atoms with Gasteiger partial charge in [0.15, 0.2) is 0 Å². The van der Waals surface area contributed by atoms with Gasteiger partial charge in [0, 0.05) is 60.5 Å². The van der Waals surface area contributed by atoms with Gasteiger partial charge in [0.05, 0.1) is 4.92 Å². The summed E-state index contributed by atoms with van der Waals surface area (Å²) in [6, 6.07) is 11.2. The Morgan fingerprint density at radius 2 is 1.69 bits per heavy atom. The quantitative estimate of drug-likeness (QED) is 0.584. The molecule has 0 unspecified atom stereocenters. The molecular weight excluding hydrogens is 377 g/mol. The van der Waals surface area contributed by atoms with Crippen LogP contribution in [0.4, 0.5) is 5.69 Å². The molecule has 0 aliphatic carbocycles.